The van der Waals surface area contributed by atoms with Crippen molar-refractivity contribution in [2.75, 3.05) is 12.7 Å². The van der Waals surface area contributed by atoms with E-state index in [0.29, 0.717) is 0 Å². The van der Waals surface area contributed by atoms with Crippen LogP contribution >= 0.6 is 19.8 Å². The third kappa shape index (κ3) is 8.35. The third-order valence-corrected chi connectivity index (χ3v) is 3.98. The summed E-state index contributed by atoms with van der Waals surface area (Å²) in [7, 11) is -3.91. The van der Waals surface area contributed by atoms with Gasteiger partial charge >= 0.3 is 6.18 Å². The normalized spacial score (nSPS) is 17.4. The molecule has 16 heavy (non-hydrogen) atoms. The van der Waals surface area contributed by atoms with Gasteiger partial charge in [0, 0.05) is 12.6 Å². The predicted octanol–water partition coefficient (Wildman–Crippen LogP) is 1.69. The molecule has 0 aliphatic rings. The molecule has 2 atom stereocenters. The first-order valence-corrected chi connectivity index (χ1v) is 6.37. The molecule has 0 aliphatic carbocycles. The van der Waals surface area contributed by atoms with Gasteiger partial charge in [0.25, 0.3) is 0 Å². The Morgan fingerprint density at radius 1 is 1.38 bits per heavy atom. The molecule has 0 saturated heterocycles. The first-order chi connectivity index (χ1) is 6.69. The van der Waals surface area contributed by atoms with E-state index in [2.05, 4.69) is 0 Å². The summed E-state index contributed by atoms with van der Waals surface area (Å²) in [6.45, 7) is 0.163. The molecule has 0 spiro atoms. The van der Waals surface area contributed by atoms with Crippen LogP contribution in [0.4, 0.5) is 13.2 Å². The van der Waals surface area contributed by atoms with Crippen molar-refractivity contribution >= 4 is 19.8 Å². The number of rotatable bonds is 6. The minimum atomic E-state index is -4.42. The molecule has 4 nitrogen and oxygen atoms in total. The summed E-state index contributed by atoms with van der Waals surface area (Å²) in [5, 5.41) is 9.11. The Kier molecular flexibility index (Phi) is 8.70. The first kappa shape index (κ1) is 18.6. The van der Waals surface area contributed by atoms with Crippen molar-refractivity contribution in [3.8, 4) is 0 Å². The monoisotopic (exact) mass is 285 g/mol. The molecule has 4 N–H and O–H groups in total. The highest BCUT2D eigenvalue weighted by atomic mass is 35.5. The zero-order chi connectivity index (χ0) is 12.1. The predicted molar refractivity (Wildman–Crippen MR) is 56.9 cm³/mol. The van der Waals surface area contributed by atoms with Crippen molar-refractivity contribution in [1.29, 1.82) is 0 Å². The fraction of sp³-hybridized carbons (Fsp3) is 1.00. The van der Waals surface area contributed by atoms with Crippen LogP contribution in [-0.2, 0) is 4.57 Å². The Morgan fingerprint density at radius 2 is 1.88 bits per heavy atom. The topological polar surface area (TPSA) is 83.6 Å². The molecule has 0 aromatic rings. The Balaban J connectivity index is 0. The summed E-state index contributed by atoms with van der Waals surface area (Å²) in [5.41, 5.74) is 5.09. The average Bonchev–Trinajstić information content (AvgIpc) is 2.09. The lowest BCUT2D eigenvalue weighted by Gasteiger charge is -2.18. The van der Waals surface area contributed by atoms with E-state index in [-0.39, 0.29) is 31.5 Å². The minimum absolute atomic E-state index is 0. The molecule has 2 unspecified atom stereocenters. The summed E-state index contributed by atoms with van der Waals surface area (Å²) >= 11 is 0. The lowest BCUT2D eigenvalue weighted by Crippen LogP contribution is -2.16. The lowest BCUT2D eigenvalue weighted by molar-refractivity contribution is -0.138. The van der Waals surface area contributed by atoms with E-state index in [1.54, 1.807) is 0 Å². The summed E-state index contributed by atoms with van der Waals surface area (Å²) in [5.74, 6) is -1.81. The van der Waals surface area contributed by atoms with Crippen LogP contribution in [0.2, 0.25) is 0 Å². The highest BCUT2D eigenvalue weighted by Crippen LogP contribution is 2.47. The van der Waals surface area contributed by atoms with Gasteiger partial charge in [-0.1, -0.05) is 0 Å². The molecule has 0 aromatic carbocycles. The summed E-state index contributed by atoms with van der Waals surface area (Å²) in [4.78, 5) is 9.19. The number of halogens is 4. The molecule has 0 rings (SSSR count). The van der Waals surface area contributed by atoms with Crippen molar-refractivity contribution in [2.24, 2.45) is 5.73 Å². The number of alkyl halides is 3. The average molecular weight is 286 g/mol. The van der Waals surface area contributed by atoms with E-state index in [4.69, 9.17) is 10.8 Å². The van der Waals surface area contributed by atoms with Gasteiger partial charge in [-0.2, -0.15) is 13.2 Å². The Labute approximate surface area is 97.9 Å². The molecular weight excluding hydrogens is 270 g/mol. The maximum Gasteiger partial charge on any atom is 0.389 e. The number of aliphatic hydroxyl groups is 1. The highest BCUT2D eigenvalue weighted by molar-refractivity contribution is 7.58. The van der Waals surface area contributed by atoms with E-state index >= 15 is 0 Å². The molecule has 0 heterocycles. The number of hydrogen-bond donors (Lipinski definition) is 3. The zero-order valence-corrected chi connectivity index (χ0v) is 10.2. The van der Waals surface area contributed by atoms with Crippen molar-refractivity contribution in [3.63, 3.8) is 0 Å². The maximum absolute atomic E-state index is 11.8. The van der Waals surface area contributed by atoms with Gasteiger partial charge in [-0.15, -0.1) is 12.4 Å². The second-order valence-corrected chi connectivity index (χ2v) is 5.81. The molecule has 0 saturated carbocycles. The maximum atomic E-state index is 11.8. The van der Waals surface area contributed by atoms with Gasteiger partial charge < -0.3 is 15.7 Å². The van der Waals surface area contributed by atoms with Crippen LogP contribution in [-0.4, -0.2) is 34.7 Å². The zero-order valence-electron chi connectivity index (χ0n) is 8.48. The Hall–Kier alpha value is 0.190. The number of nitrogens with two attached hydrogens (primary N) is 1. The van der Waals surface area contributed by atoms with Crippen LogP contribution in [0.3, 0.4) is 0 Å². The fourth-order valence-electron chi connectivity index (χ4n) is 0.961. The van der Waals surface area contributed by atoms with Crippen molar-refractivity contribution in [3.05, 3.63) is 0 Å². The molecule has 0 aromatic heterocycles. The molecule has 0 fully saturated rings. The van der Waals surface area contributed by atoms with E-state index in [9.17, 15) is 22.6 Å². The molecular formula is C7H16ClF3NO3P. The third-order valence-electron chi connectivity index (χ3n) is 1.83. The van der Waals surface area contributed by atoms with E-state index < -0.39 is 32.2 Å². The Morgan fingerprint density at radius 3 is 2.25 bits per heavy atom. The molecule has 100 valence electrons. The molecule has 0 bridgehead atoms. The van der Waals surface area contributed by atoms with Crippen molar-refractivity contribution in [1.82, 2.24) is 0 Å². The van der Waals surface area contributed by atoms with Crippen LogP contribution in [0, 0.1) is 0 Å². The summed E-state index contributed by atoms with van der Waals surface area (Å²) < 4.78 is 46.5. The van der Waals surface area contributed by atoms with Gasteiger partial charge in [0.2, 0.25) is 7.37 Å². The molecule has 9 heteroatoms. The summed E-state index contributed by atoms with van der Waals surface area (Å²) in [6.07, 6.45) is -6.47. The second-order valence-electron chi connectivity index (χ2n) is 3.26. The van der Waals surface area contributed by atoms with Gasteiger partial charge in [0.1, 0.15) is 5.85 Å². The van der Waals surface area contributed by atoms with Crippen molar-refractivity contribution < 1.29 is 27.7 Å². The smallest absolute Gasteiger partial charge is 0.383 e. The second kappa shape index (κ2) is 7.50. The van der Waals surface area contributed by atoms with Gasteiger partial charge in [-0.25, -0.2) is 0 Å². The van der Waals surface area contributed by atoms with Gasteiger partial charge in [-0.3, -0.25) is 4.57 Å². The first-order valence-electron chi connectivity index (χ1n) is 4.45. The van der Waals surface area contributed by atoms with Gasteiger partial charge in [-0.05, 0) is 19.4 Å². The van der Waals surface area contributed by atoms with Crippen LogP contribution < -0.4 is 5.73 Å². The van der Waals surface area contributed by atoms with E-state index in [1.807, 2.05) is 0 Å². The standard InChI is InChI=1S/C7H15F3NO3P.ClH/c8-7(9,10)3-2-6(12)15(13,14)5-1-4-11;/h6,12H,1-5,11H2,(H,13,14);1H. The molecule has 0 amide bonds. The summed E-state index contributed by atoms with van der Waals surface area (Å²) in [6, 6.07) is 0. The quantitative estimate of drug-likeness (QED) is 0.649. The van der Waals surface area contributed by atoms with Crippen molar-refractivity contribution in [2.45, 2.75) is 31.3 Å². The van der Waals surface area contributed by atoms with Gasteiger partial charge in [0.05, 0.1) is 0 Å². The Bertz CT molecular complexity index is 239. The largest absolute Gasteiger partial charge is 0.389 e. The molecule has 0 aliphatic heterocycles. The van der Waals surface area contributed by atoms with Crippen LogP contribution in [0.1, 0.15) is 19.3 Å². The number of aliphatic hydroxyl groups excluding tert-OH is 1. The van der Waals surface area contributed by atoms with Crippen LogP contribution in [0.15, 0.2) is 0 Å². The van der Waals surface area contributed by atoms with E-state index in [1.165, 1.54) is 0 Å². The highest BCUT2D eigenvalue weighted by Gasteiger charge is 2.34. The van der Waals surface area contributed by atoms with E-state index in [0.717, 1.165) is 0 Å². The fourth-order valence-corrected chi connectivity index (χ4v) is 2.43. The van der Waals surface area contributed by atoms with Crippen LogP contribution in [0.5, 0.6) is 0 Å². The van der Waals surface area contributed by atoms with Crippen LogP contribution in [0.25, 0.3) is 0 Å². The SMILES string of the molecule is Cl.NCCCP(=O)(O)C(O)CCC(F)(F)F. The minimum Gasteiger partial charge on any atom is -0.383 e. The van der Waals surface area contributed by atoms with Gasteiger partial charge in [0.15, 0.2) is 0 Å². The molecule has 0 radical (unpaired) electrons. The lowest BCUT2D eigenvalue weighted by atomic mass is 10.3. The number of hydrogen-bond acceptors (Lipinski definition) is 3.